The Kier molecular flexibility index (Phi) is 4.77. The fourth-order valence-corrected chi connectivity index (χ4v) is 3.91. The van der Waals surface area contributed by atoms with Gasteiger partial charge < -0.3 is 10.6 Å². The Balaban J connectivity index is 1.62. The summed E-state index contributed by atoms with van der Waals surface area (Å²) < 4.78 is 1.88. The molecule has 4 rings (SSSR count). The highest BCUT2D eigenvalue weighted by molar-refractivity contribution is 5.79. The molecule has 3 fully saturated rings. The Morgan fingerprint density at radius 2 is 2.43 bits per heavy atom. The third-order valence-corrected chi connectivity index (χ3v) is 5.17. The number of rotatable bonds is 6. The Morgan fingerprint density at radius 3 is 3.04 bits per heavy atom. The van der Waals surface area contributed by atoms with Crippen LogP contribution in [0, 0.1) is 11.8 Å². The van der Waals surface area contributed by atoms with E-state index >= 15 is 0 Å². The number of carbonyl (C=O) groups excluding carboxylic acids is 1. The maximum Gasteiger partial charge on any atom is 0.227 e. The van der Waals surface area contributed by atoms with Crippen LogP contribution < -0.4 is 5.73 Å². The number of aromatic nitrogens is 3. The third kappa shape index (κ3) is 3.30. The molecular formula is C16H26N6O. The molecule has 0 spiro atoms. The molecule has 2 bridgehead atoms. The summed E-state index contributed by atoms with van der Waals surface area (Å²) in [5.74, 6) is 0.854. The van der Waals surface area contributed by atoms with E-state index in [9.17, 15) is 4.79 Å². The first-order valence-electron chi connectivity index (χ1n) is 8.31. The van der Waals surface area contributed by atoms with Crippen molar-refractivity contribution in [3.05, 3.63) is 24.5 Å². The number of likely N-dealkylation sites (N-methyl/N-ethyl adjacent to an activating group) is 1. The molecular weight excluding hydrogens is 292 g/mol. The molecule has 3 aliphatic rings. The highest BCUT2D eigenvalue weighted by Gasteiger charge is 2.43. The minimum absolute atomic E-state index is 0.125. The molecule has 7 nitrogen and oxygen atoms in total. The molecule has 0 radical (unpaired) electrons. The molecule has 7 heteroatoms. The fraction of sp³-hybridized carbons (Fsp3) is 0.688. The normalized spacial score (nSPS) is 29.5. The van der Waals surface area contributed by atoms with E-state index in [-0.39, 0.29) is 11.8 Å². The van der Waals surface area contributed by atoms with E-state index in [0.717, 1.165) is 38.2 Å². The average Bonchev–Trinajstić information content (AvgIpc) is 3.02. The summed E-state index contributed by atoms with van der Waals surface area (Å²) >= 11 is 0. The van der Waals surface area contributed by atoms with Crippen molar-refractivity contribution in [2.45, 2.75) is 32.0 Å². The molecule has 3 saturated heterocycles. The van der Waals surface area contributed by atoms with E-state index < -0.39 is 0 Å². The van der Waals surface area contributed by atoms with Crippen LogP contribution in [0.4, 0.5) is 0 Å². The minimum atomic E-state index is 0.125. The Hall–Kier alpha value is -1.73. The van der Waals surface area contributed by atoms with E-state index in [4.69, 9.17) is 5.73 Å². The highest BCUT2D eigenvalue weighted by Crippen LogP contribution is 2.37. The van der Waals surface area contributed by atoms with Crippen molar-refractivity contribution in [3.63, 3.8) is 0 Å². The standard InChI is InChI=1S/C16H26N6O/c1-3-5-20(2)16(23)15-11-21-6-4-12(15)7-14(21)10-22-9-13(8-17)18-19-22/h3,9,12,14-15H,1,4-8,10-11,17H2,2H3/t12?,14-,15+/m1/s1. The van der Waals surface area contributed by atoms with Gasteiger partial charge >= 0.3 is 0 Å². The van der Waals surface area contributed by atoms with Crippen LogP contribution in [0.3, 0.4) is 0 Å². The third-order valence-electron chi connectivity index (χ3n) is 5.17. The first kappa shape index (κ1) is 16.1. The molecule has 2 unspecified atom stereocenters. The van der Waals surface area contributed by atoms with Crippen molar-refractivity contribution in [2.24, 2.45) is 17.6 Å². The number of hydrogen-bond donors (Lipinski definition) is 1. The quantitative estimate of drug-likeness (QED) is 0.752. The molecule has 1 aromatic heterocycles. The lowest BCUT2D eigenvalue weighted by atomic mass is 9.75. The minimum Gasteiger partial charge on any atom is -0.342 e. The zero-order chi connectivity index (χ0) is 16.4. The van der Waals surface area contributed by atoms with Crippen molar-refractivity contribution in [2.75, 3.05) is 26.7 Å². The van der Waals surface area contributed by atoms with Crippen molar-refractivity contribution in [1.29, 1.82) is 0 Å². The lowest BCUT2D eigenvalue weighted by molar-refractivity contribution is -0.142. The molecule has 4 heterocycles. The summed E-state index contributed by atoms with van der Waals surface area (Å²) in [5, 5.41) is 8.19. The zero-order valence-electron chi connectivity index (χ0n) is 13.8. The van der Waals surface area contributed by atoms with Crippen LogP contribution in [0.5, 0.6) is 0 Å². The van der Waals surface area contributed by atoms with Gasteiger partial charge in [0.25, 0.3) is 0 Å². The predicted octanol–water partition coefficient (Wildman–Crippen LogP) is 0.0916. The van der Waals surface area contributed by atoms with Gasteiger partial charge in [0, 0.05) is 38.9 Å². The van der Waals surface area contributed by atoms with Crippen molar-refractivity contribution in [3.8, 4) is 0 Å². The molecule has 2 N–H and O–H groups in total. The summed E-state index contributed by atoms with van der Waals surface area (Å²) in [6, 6.07) is 0.440. The summed E-state index contributed by atoms with van der Waals surface area (Å²) in [5.41, 5.74) is 6.41. The largest absolute Gasteiger partial charge is 0.342 e. The van der Waals surface area contributed by atoms with Gasteiger partial charge in [-0.15, -0.1) is 11.7 Å². The number of hydrogen-bond acceptors (Lipinski definition) is 5. The first-order valence-corrected chi connectivity index (χ1v) is 8.31. The number of carbonyl (C=O) groups is 1. The molecule has 4 atom stereocenters. The first-order chi connectivity index (χ1) is 11.1. The summed E-state index contributed by atoms with van der Waals surface area (Å²) in [4.78, 5) is 16.8. The second kappa shape index (κ2) is 6.80. The van der Waals surface area contributed by atoms with Crippen molar-refractivity contribution >= 4 is 5.91 Å². The van der Waals surface area contributed by atoms with Crippen molar-refractivity contribution < 1.29 is 4.79 Å². The maximum absolute atomic E-state index is 12.6. The van der Waals surface area contributed by atoms with Crippen molar-refractivity contribution in [1.82, 2.24) is 24.8 Å². The van der Waals surface area contributed by atoms with Gasteiger partial charge in [-0.2, -0.15) is 0 Å². The molecule has 1 amide bonds. The SMILES string of the molecule is C=CCN(C)C(=O)[C@H]1CN2CCC1C[C@@H]2Cn1cc(CN)nn1. The van der Waals surface area contributed by atoms with Gasteiger partial charge in [-0.25, -0.2) is 0 Å². The second-order valence-electron chi connectivity index (χ2n) is 6.68. The number of piperidine rings is 3. The number of nitrogens with zero attached hydrogens (tertiary/aromatic N) is 5. The summed E-state index contributed by atoms with van der Waals surface area (Å²) in [6.45, 7) is 7.51. The number of fused-ring (bicyclic) bond motifs is 3. The van der Waals surface area contributed by atoms with E-state index in [0.29, 0.717) is 25.0 Å². The molecule has 3 aliphatic heterocycles. The van der Waals surface area contributed by atoms with E-state index in [2.05, 4.69) is 21.8 Å². The van der Waals surface area contributed by atoms with Gasteiger partial charge in [-0.3, -0.25) is 14.4 Å². The zero-order valence-corrected chi connectivity index (χ0v) is 13.8. The lowest BCUT2D eigenvalue weighted by Crippen LogP contribution is -2.58. The molecule has 0 aromatic carbocycles. The Bertz CT molecular complexity index is 571. The van der Waals surface area contributed by atoms with E-state index in [1.165, 1.54) is 0 Å². The molecule has 23 heavy (non-hydrogen) atoms. The molecule has 126 valence electrons. The van der Waals surface area contributed by atoms with Crippen LogP contribution in [-0.2, 0) is 17.9 Å². The van der Waals surface area contributed by atoms with Gasteiger partial charge in [0.1, 0.15) is 0 Å². The lowest BCUT2D eigenvalue weighted by Gasteiger charge is -2.49. The highest BCUT2D eigenvalue weighted by atomic mass is 16.2. The smallest absolute Gasteiger partial charge is 0.227 e. The predicted molar refractivity (Wildman–Crippen MR) is 87.3 cm³/mol. The van der Waals surface area contributed by atoms with Crippen LogP contribution >= 0.6 is 0 Å². The van der Waals surface area contributed by atoms with Crippen LogP contribution in [-0.4, -0.2) is 63.4 Å². The Labute approximate surface area is 137 Å². The molecule has 1 aromatic rings. The fourth-order valence-electron chi connectivity index (χ4n) is 3.91. The van der Waals surface area contributed by atoms with Crippen LogP contribution in [0.25, 0.3) is 0 Å². The van der Waals surface area contributed by atoms with Gasteiger partial charge in [0.2, 0.25) is 5.91 Å². The molecule has 0 saturated carbocycles. The second-order valence-corrected chi connectivity index (χ2v) is 6.68. The van der Waals surface area contributed by atoms with E-state index in [1.807, 2.05) is 17.9 Å². The number of amides is 1. The van der Waals surface area contributed by atoms with Crippen LogP contribution in [0.1, 0.15) is 18.5 Å². The maximum atomic E-state index is 12.6. The summed E-state index contributed by atoms with van der Waals surface area (Å²) in [6.07, 6.45) is 5.86. The topological polar surface area (TPSA) is 80.3 Å². The monoisotopic (exact) mass is 318 g/mol. The van der Waals surface area contributed by atoms with Gasteiger partial charge in [0.05, 0.1) is 18.2 Å². The van der Waals surface area contributed by atoms with Crippen LogP contribution in [0.2, 0.25) is 0 Å². The van der Waals surface area contributed by atoms with Crippen LogP contribution in [0.15, 0.2) is 18.9 Å². The Morgan fingerprint density at radius 1 is 1.61 bits per heavy atom. The average molecular weight is 318 g/mol. The van der Waals surface area contributed by atoms with Gasteiger partial charge in [-0.05, 0) is 25.3 Å². The molecule has 0 aliphatic carbocycles. The van der Waals surface area contributed by atoms with Gasteiger partial charge in [0.15, 0.2) is 0 Å². The van der Waals surface area contributed by atoms with E-state index in [1.54, 1.807) is 11.0 Å². The number of nitrogens with two attached hydrogens (primary N) is 1. The summed E-state index contributed by atoms with van der Waals surface area (Å²) in [7, 11) is 1.86. The van der Waals surface area contributed by atoms with Gasteiger partial charge in [-0.1, -0.05) is 11.3 Å².